The number of Topliss-reactive ketones (excluding diaryl/α,β-unsaturated/α-hetero) is 5. The van der Waals surface area contributed by atoms with Gasteiger partial charge < -0.3 is 26.2 Å². The average molecular weight is 605 g/mol. The van der Waals surface area contributed by atoms with E-state index in [-0.39, 0.29) is 42.8 Å². The number of ketones is 5. The molecule has 2 saturated carbocycles. The Bertz CT molecular complexity index is 1590. The van der Waals surface area contributed by atoms with Crippen molar-refractivity contribution in [1.82, 2.24) is 4.90 Å². The molecule has 0 saturated heterocycles. The second-order valence-corrected chi connectivity index (χ2v) is 12.3. The quantitative estimate of drug-likeness (QED) is 0.188. The van der Waals surface area contributed by atoms with Crippen LogP contribution < -0.4 is 16.0 Å². The lowest BCUT2D eigenvalue weighted by molar-refractivity contribution is -0.181. The zero-order chi connectivity index (χ0) is 32.2. The van der Waals surface area contributed by atoms with E-state index in [0.29, 0.717) is 16.8 Å². The van der Waals surface area contributed by atoms with E-state index in [1.54, 1.807) is 69.5 Å². The van der Waals surface area contributed by atoms with Gasteiger partial charge in [-0.25, -0.2) is 0 Å². The number of likely N-dealkylation sites (N-methyl/N-ethyl adjacent to an activating group) is 1. The number of aliphatic hydroxyl groups is 1. The minimum atomic E-state index is -2.79. The third-order valence-corrected chi connectivity index (χ3v) is 9.28. The molecule has 3 aliphatic carbocycles. The number of amides is 1. The number of nitrogens with one attached hydrogen (secondary N) is 1. The van der Waals surface area contributed by atoms with E-state index >= 15 is 0 Å². The first-order valence-corrected chi connectivity index (χ1v) is 14.4. The third kappa shape index (κ3) is 4.69. The van der Waals surface area contributed by atoms with Gasteiger partial charge in [-0.15, -0.1) is 0 Å². The molecule has 6 atom stereocenters. The minimum Gasteiger partial charge on any atom is -0.505 e. The number of fused-ring (bicyclic) bond motifs is 3. The first kappa shape index (κ1) is 31.0. The van der Waals surface area contributed by atoms with Crippen LogP contribution in [0.3, 0.4) is 0 Å². The molecule has 5 N–H and O–H groups in total. The van der Waals surface area contributed by atoms with Gasteiger partial charge in [-0.05, 0) is 44.5 Å². The third-order valence-electron chi connectivity index (χ3n) is 9.28. The Morgan fingerprint density at radius 1 is 1.05 bits per heavy atom. The monoisotopic (exact) mass is 604 g/mol. The molecule has 44 heavy (non-hydrogen) atoms. The number of anilines is 2. The van der Waals surface area contributed by atoms with Crippen LogP contribution in [-0.2, 0) is 25.6 Å². The second-order valence-electron chi connectivity index (χ2n) is 12.3. The maximum absolute atomic E-state index is 14.1. The van der Waals surface area contributed by atoms with E-state index in [1.807, 2.05) is 0 Å². The fourth-order valence-electron chi connectivity index (χ4n) is 7.27. The van der Waals surface area contributed by atoms with Crippen molar-refractivity contribution in [3.8, 4) is 5.75 Å². The van der Waals surface area contributed by atoms with E-state index < -0.39 is 70.1 Å². The molecule has 0 spiro atoms. The molecule has 6 unspecified atom stereocenters. The Kier molecular flexibility index (Phi) is 7.93. The summed E-state index contributed by atoms with van der Waals surface area (Å²) in [6, 6.07) is 9.25. The number of hydrogen-bond donors (Lipinski definition) is 4. The first-order chi connectivity index (χ1) is 20.7. The summed E-state index contributed by atoms with van der Waals surface area (Å²) in [5.74, 6) is -11.1. The van der Waals surface area contributed by atoms with Crippen LogP contribution >= 0.6 is 0 Å². The summed E-state index contributed by atoms with van der Waals surface area (Å²) in [5, 5.41) is 26.1. The van der Waals surface area contributed by atoms with Crippen LogP contribution in [0.2, 0.25) is 0 Å². The molecule has 0 heterocycles. The minimum absolute atomic E-state index is 0.0286. The van der Waals surface area contributed by atoms with Crippen molar-refractivity contribution in [2.75, 3.05) is 45.0 Å². The Labute approximate surface area is 254 Å². The molecule has 232 valence electrons. The van der Waals surface area contributed by atoms with Crippen LogP contribution in [-0.4, -0.2) is 96.3 Å². The predicted molar refractivity (Wildman–Crippen MR) is 160 cm³/mol. The van der Waals surface area contributed by atoms with Gasteiger partial charge in [-0.2, -0.15) is 0 Å². The fraction of sp³-hybridized carbons (Fsp3) is 0.438. The number of nitrogens with two attached hydrogens (primary N) is 1. The summed E-state index contributed by atoms with van der Waals surface area (Å²) in [5.41, 5.74) is 4.30. The van der Waals surface area contributed by atoms with Gasteiger partial charge in [0.05, 0.1) is 23.2 Å². The lowest BCUT2D eigenvalue weighted by Crippen LogP contribution is -2.74. The number of rotatable bonds is 8. The van der Waals surface area contributed by atoms with Crippen LogP contribution in [0.5, 0.6) is 5.75 Å². The summed E-state index contributed by atoms with van der Waals surface area (Å²) in [6.45, 7) is 0.149. The smallest absolute Gasteiger partial charge is 0.235 e. The highest BCUT2D eigenvalue weighted by atomic mass is 16.3. The van der Waals surface area contributed by atoms with Crippen LogP contribution in [0.25, 0.3) is 0 Å². The van der Waals surface area contributed by atoms with Gasteiger partial charge in [0.25, 0.3) is 0 Å². The topological polar surface area (TPSA) is 187 Å². The number of aromatic hydroxyl groups is 1. The van der Waals surface area contributed by atoms with E-state index in [4.69, 9.17) is 5.73 Å². The van der Waals surface area contributed by atoms with Crippen molar-refractivity contribution in [3.05, 3.63) is 53.1 Å². The van der Waals surface area contributed by atoms with Gasteiger partial charge >= 0.3 is 0 Å². The molecule has 2 aromatic carbocycles. The van der Waals surface area contributed by atoms with Gasteiger partial charge in [-0.3, -0.25) is 33.7 Å². The fourth-order valence-corrected chi connectivity index (χ4v) is 7.27. The Balaban J connectivity index is 1.52. The number of phenolic OH excluding ortho intramolecular Hbond substituents is 1. The summed E-state index contributed by atoms with van der Waals surface area (Å²) >= 11 is 0. The van der Waals surface area contributed by atoms with Crippen LogP contribution in [0.4, 0.5) is 11.4 Å². The predicted octanol–water partition coefficient (Wildman–Crippen LogP) is 0.618. The zero-order valence-corrected chi connectivity index (χ0v) is 25.0. The summed E-state index contributed by atoms with van der Waals surface area (Å²) < 4.78 is 0. The number of carbonyl (C=O) groups excluding carboxylic acids is 6. The number of hydrogen-bond acceptors (Lipinski definition) is 11. The van der Waals surface area contributed by atoms with Crippen LogP contribution in [0.15, 0.2) is 36.4 Å². The zero-order valence-electron chi connectivity index (χ0n) is 25.0. The van der Waals surface area contributed by atoms with Crippen molar-refractivity contribution in [2.24, 2.45) is 29.4 Å². The summed E-state index contributed by atoms with van der Waals surface area (Å²) in [7, 11) is 6.61. The molecule has 12 nitrogen and oxygen atoms in total. The number of phenols is 1. The van der Waals surface area contributed by atoms with Gasteiger partial charge in [0.1, 0.15) is 5.75 Å². The van der Waals surface area contributed by atoms with Crippen LogP contribution in [0.1, 0.15) is 39.1 Å². The number of nitrogens with zero attached hydrogens (tertiary/aromatic N) is 2. The number of carbonyl (C=O) groups is 6. The van der Waals surface area contributed by atoms with Crippen LogP contribution in [0, 0.1) is 23.7 Å². The standard InChI is InChI=1S/C32H36N4O8/c1-35(2)20-14-19(34-11-10-21(37)15-8-6-5-7-9-15)26(38)23-17(20)12-16-13-18-25(36(3)4)28(40)24(31(33)43)30(42)32(18,44)29(41)22(16)27(23)39/h5-9,14,16,18,22,24-25,34,38,44H,10-13H2,1-4H3,(H2,33,43). The molecule has 3 aliphatic rings. The molecule has 1 amide bonds. The van der Waals surface area contributed by atoms with Crippen molar-refractivity contribution in [3.63, 3.8) is 0 Å². The largest absolute Gasteiger partial charge is 0.505 e. The normalized spacial score (nSPS) is 27.8. The maximum atomic E-state index is 14.1. The Morgan fingerprint density at radius 3 is 2.30 bits per heavy atom. The SMILES string of the molecule is CN(C)c1cc(NCCC(=O)c2ccccc2)c(O)c2c1CC1CC3C(N(C)C)C(=O)C(C(N)=O)C(=O)C3(O)C(=O)C1C2=O. The lowest BCUT2D eigenvalue weighted by Gasteiger charge is -2.52. The molecule has 0 radical (unpaired) electrons. The summed E-state index contributed by atoms with van der Waals surface area (Å²) in [4.78, 5) is 82.9. The molecular formula is C32H36N4O8. The maximum Gasteiger partial charge on any atom is 0.235 e. The van der Waals surface area contributed by atoms with E-state index in [2.05, 4.69) is 5.32 Å². The average Bonchev–Trinajstić information content (AvgIpc) is 2.96. The van der Waals surface area contributed by atoms with E-state index in [1.165, 1.54) is 4.90 Å². The van der Waals surface area contributed by atoms with Gasteiger partial charge in [-0.1, -0.05) is 30.3 Å². The lowest BCUT2D eigenvalue weighted by atomic mass is 9.52. The molecule has 5 rings (SSSR count). The number of benzene rings is 2. The molecule has 0 aromatic heterocycles. The Hall–Kier alpha value is -4.42. The highest BCUT2D eigenvalue weighted by molar-refractivity contribution is 6.32. The van der Waals surface area contributed by atoms with Crippen molar-refractivity contribution in [2.45, 2.75) is 30.9 Å². The molecular weight excluding hydrogens is 568 g/mol. The highest BCUT2D eigenvalue weighted by Gasteiger charge is 2.69. The van der Waals surface area contributed by atoms with Crippen molar-refractivity contribution < 1.29 is 39.0 Å². The molecule has 0 aliphatic heterocycles. The second kappa shape index (κ2) is 11.3. The summed E-state index contributed by atoms with van der Waals surface area (Å²) in [6.07, 6.45) is 0.233. The van der Waals surface area contributed by atoms with Gasteiger partial charge in [0.15, 0.2) is 40.4 Å². The van der Waals surface area contributed by atoms with E-state index in [0.717, 1.165) is 0 Å². The number of primary amides is 1. The van der Waals surface area contributed by atoms with Crippen molar-refractivity contribution in [1.29, 1.82) is 0 Å². The Morgan fingerprint density at radius 2 is 1.70 bits per heavy atom. The molecule has 2 aromatic rings. The molecule has 12 heteroatoms. The molecule has 0 bridgehead atoms. The highest BCUT2D eigenvalue weighted by Crippen LogP contribution is 2.52. The van der Waals surface area contributed by atoms with Gasteiger partial charge in [0, 0.05) is 44.2 Å². The van der Waals surface area contributed by atoms with E-state index in [9.17, 15) is 39.0 Å². The van der Waals surface area contributed by atoms with Crippen molar-refractivity contribution >= 4 is 46.2 Å². The van der Waals surface area contributed by atoms with Gasteiger partial charge in [0.2, 0.25) is 5.91 Å². The first-order valence-electron chi connectivity index (χ1n) is 14.4. The molecule has 2 fully saturated rings.